The highest BCUT2D eigenvalue weighted by molar-refractivity contribution is 7.99. The number of thioether (sulfide) groups is 1. The summed E-state index contributed by atoms with van der Waals surface area (Å²) in [7, 11) is 0. The molecule has 0 saturated carbocycles. The third-order valence-corrected chi connectivity index (χ3v) is 4.54. The molecule has 124 valence electrons. The van der Waals surface area contributed by atoms with E-state index in [0.717, 1.165) is 11.8 Å². The fourth-order valence-electron chi connectivity index (χ4n) is 1.95. The molecule has 0 N–H and O–H groups in total. The molecule has 0 aliphatic rings. The van der Waals surface area contributed by atoms with E-state index in [4.69, 9.17) is 4.74 Å². The Morgan fingerprint density at radius 3 is 2.10 bits per heavy atom. The lowest BCUT2D eigenvalue weighted by Crippen LogP contribution is -2.38. The van der Waals surface area contributed by atoms with Crippen LogP contribution >= 0.6 is 11.8 Å². The van der Waals surface area contributed by atoms with Crippen molar-refractivity contribution >= 4 is 23.5 Å². The SMILES string of the molecule is CCOC(=O)[C@H](SC)[C@@H](CC(=O)C(C)(C)C)[C@@H](C)C(F)F. The number of Topliss-reactive ketones (excluding diaryl/α,β-unsaturated/α-hetero) is 1. The molecule has 0 saturated heterocycles. The molecule has 0 rings (SSSR count). The minimum Gasteiger partial charge on any atom is -0.465 e. The molecule has 0 aromatic carbocycles. The number of carbonyl (C=O) groups is 2. The zero-order valence-electron chi connectivity index (χ0n) is 13.6. The van der Waals surface area contributed by atoms with Crippen LogP contribution in [0.2, 0.25) is 0 Å². The minimum absolute atomic E-state index is 0.0423. The van der Waals surface area contributed by atoms with Gasteiger partial charge in [-0.15, -0.1) is 11.8 Å². The van der Waals surface area contributed by atoms with Gasteiger partial charge in [-0.25, -0.2) is 8.78 Å². The summed E-state index contributed by atoms with van der Waals surface area (Å²) in [5.74, 6) is -2.42. The van der Waals surface area contributed by atoms with Gasteiger partial charge in [-0.05, 0) is 19.1 Å². The molecule has 6 heteroatoms. The van der Waals surface area contributed by atoms with Crippen LogP contribution in [0, 0.1) is 17.3 Å². The van der Waals surface area contributed by atoms with Crippen LogP contribution in [-0.2, 0) is 14.3 Å². The lowest BCUT2D eigenvalue weighted by Gasteiger charge is -2.30. The van der Waals surface area contributed by atoms with E-state index in [-0.39, 0.29) is 18.8 Å². The third-order valence-electron chi connectivity index (χ3n) is 3.49. The van der Waals surface area contributed by atoms with E-state index >= 15 is 0 Å². The largest absolute Gasteiger partial charge is 0.465 e. The van der Waals surface area contributed by atoms with E-state index in [9.17, 15) is 18.4 Å². The molecular formula is C15H26F2O3S. The molecule has 0 spiro atoms. The van der Waals surface area contributed by atoms with Gasteiger partial charge in [0, 0.05) is 17.8 Å². The average Bonchev–Trinajstić information content (AvgIpc) is 2.36. The Kier molecular flexibility index (Phi) is 8.44. The summed E-state index contributed by atoms with van der Waals surface area (Å²) in [6.07, 6.45) is -0.944. The van der Waals surface area contributed by atoms with E-state index < -0.39 is 34.9 Å². The van der Waals surface area contributed by atoms with Crippen molar-refractivity contribution in [3.05, 3.63) is 0 Å². The summed E-state index contributed by atoms with van der Waals surface area (Å²) >= 11 is 1.16. The maximum absolute atomic E-state index is 13.1. The van der Waals surface area contributed by atoms with Crippen LogP contribution in [0.15, 0.2) is 0 Å². The van der Waals surface area contributed by atoms with Crippen molar-refractivity contribution in [2.24, 2.45) is 17.3 Å². The van der Waals surface area contributed by atoms with Crippen LogP contribution in [0.4, 0.5) is 8.78 Å². The molecule has 0 amide bonds. The van der Waals surface area contributed by atoms with Gasteiger partial charge in [0.05, 0.1) is 6.61 Å². The lowest BCUT2D eigenvalue weighted by molar-refractivity contribution is -0.144. The molecule has 0 unspecified atom stereocenters. The number of rotatable bonds is 8. The fraction of sp³-hybridized carbons (Fsp3) is 0.867. The predicted molar refractivity (Wildman–Crippen MR) is 81.7 cm³/mol. The molecule has 3 nitrogen and oxygen atoms in total. The van der Waals surface area contributed by atoms with Crippen LogP contribution < -0.4 is 0 Å². The molecule has 0 heterocycles. The summed E-state index contributed by atoms with van der Waals surface area (Å²) in [5.41, 5.74) is -0.613. The van der Waals surface area contributed by atoms with Gasteiger partial charge < -0.3 is 4.74 Å². The first kappa shape index (κ1) is 20.3. The van der Waals surface area contributed by atoms with Crippen molar-refractivity contribution in [2.45, 2.75) is 52.7 Å². The Balaban J connectivity index is 5.29. The van der Waals surface area contributed by atoms with Crippen molar-refractivity contribution in [1.82, 2.24) is 0 Å². The Morgan fingerprint density at radius 2 is 1.76 bits per heavy atom. The van der Waals surface area contributed by atoms with Crippen LogP contribution in [0.25, 0.3) is 0 Å². The molecule has 0 fully saturated rings. The van der Waals surface area contributed by atoms with Gasteiger partial charge in [0.2, 0.25) is 6.43 Å². The highest BCUT2D eigenvalue weighted by Crippen LogP contribution is 2.34. The number of alkyl halides is 2. The van der Waals surface area contributed by atoms with Crippen LogP contribution in [0.3, 0.4) is 0 Å². The van der Waals surface area contributed by atoms with Crippen molar-refractivity contribution in [1.29, 1.82) is 0 Å². The summed E-state index contributed by atoms with van der Waals surface area (Å²) in [6.45, 7) is 8.49. The van der Waals surface area contributed by atoms with E-state index in [0.29, 0.717) is 0 Å². The molecule has 21 heavy (non-hydrogen) atoms. The molecule has 0 aliphatic heterocycles. The Labute approximate surface area is 130 Å². The van der Waals surface area contributed by atoms with Crippen molar-refractivity contribution in [3.63, 3.8) is 0 Å². The number of hydrogen-bond donors (Lipinski definition) is 0. The second-order valence-electron chi connectivity index (χ2n) is 6.14. The van der Waals surface area contributed by atoms with Gasteiger partial charge in [0.1, 0.15) is 11.0 Å². The van der Waals surface area contributed by atoms with Gasteiger partial charge in [0.15, 0.2) is 0 Å². The molecular weight excluding hydrogens is 298 g/mol. The highest BCUT2D eigenvalue weighted by atomic mass is 32.2. The topological polar surface area (TPSA) is 43.4 Å². The Hall–Kier alpha value is -0.650. The normalized spacial score (nSPS) is 16.4. The average molecular weight is 324 g/mol. The Bertz CT molecular complexity index is 353. The number of ether oxygens (including phenoxy) is 1. The zero-order chi connectivity index (χ0) is 16.8. The van der Waals surface area contributed by atoms with Gasteiger partial charge in [0.25, 0.3) is 0 Å². The Morgan fingerprint density at radius 1 is 1.24 bits per heavy atom. The van der Waals surface area contributed by atoms with Crippen LogP contribution in [0.5, 0.6) is 0 Å². The molecule has 3 atom stereocenters. The molecule has 0 aromatic rings. The number of hydrogen-bond acceptors (Lipinski definition) is 4. The third kappa shape index (κ3) is 6.32. The van der Waals surface area contributed by atoms with Gasteiger partial charge in [-0.1, -0.05) is 27.7 Å². The van der Waals surface area contributed by atoms with Gasteiger partial charge in [-0.3, -0.25) is 9.59 Å². The molecule has 0 radical (unpaired) electrons. The fourth-order valence-corrected chi connectivity index (χ4v) is 2.90. The summed E-state index contributed by atoms with van der Waals surface area (Å²) in [4.78, 5) is 24.2. The van der Waals surface area contributed by atoms with Gasteiger partial charge in [-0.2, -0.15) is 0 Å². The monoisotopic (exact) mass is 324 g/mol. The second kappa shape index (κ2) is 8.71. The van der Waals surface area contributed by atoms with E-state index in [1.54, 1.807) is 34.0 Å². The van der Waals surface area contributed by atoms with Crippen molar-refractivity contribution in [2.75, 3.05) is 12.9 Å². The van der Waals surface area contributed by atoms with Gasteiger partial charge >= 0.3 is 5.97 Å². The minimum atomic E-state index is -2.58. The first-order chi connectivity index (χ1) is 9.56. The first-order valence-electron chi connectivity index (χ1n) is 7.07. The zero-order valence-corrected chi connectivity index (χ0v) is 14.4. The lowest BCUT2D eigenvalue weighted by atomic mass is 9.79. The maximum atomic E-state index is 13.1. The summed E-state index contributed by atoms with van der Waals surface area (Å²) in [6, 6.07) is 0. The van der Waals surface area contributed by atoms with Crippen LogP contribution in [0.1, 0.15) is 41.0 Å². The number of esters is 1. The quantitative estimate of drug-likeness (QED) is 0.637. The first-order valence-corrected chi connectivity index (χ1v) is 8.35. The summed E-state index contributed by atoms with van der Waals surface area (Å²) < 4.78 is 31.2. The second-order valence-corrected chi connectivity index (χ2v) is 7.12. The number of carbonyl (C=O) groups excluding carboxylic acids is 2. The van der Waals surface area contributed by atoms with E-state index in [1.807, 2.05) is 0 Å². The predicted octanol–water partition coefficient (Wildman–Crippen LogP) is 3.80. The number of ketones is 1. The van der Waals surface area contributed by atoms with Crippen molar-refractivity contribution < 1.29 is 23.1 Å². The molecule has 0 aromatic heterocycles. The summed E-state index contributed by atoms with van der Waals surface area (Å²) in [5, 5.41) is -0.750. The molecule has 0 aliphatic carbocycles. The number of halogens is 2. The van der Waals surface area contributed by atoms with Crippen LogP contribution in [-0.4, -0.2) is 36.3 Å². The van der Waals surface area contributed by atoms with Crippen molar-refractivity contribution in [3.8, 4) is 0 Å². The molecule has 0 bridgehead atoms. The standard InChI is InChI=1S/C15H26F2O3S/c1-7-20-14(19)12(21-6)10(9(2)13(16)17)8-11(18)15(3,4)5/h9-10,12-13H,7-8H2,1-6H3/t9-,10+,12-/m1/s1. The van der Waals surface area contributed by atoms with E-state index in [1.165, 1.54) is 6.92 Å². The van der Waals surface area contributed by atoms with E-state index in [2.05, 4.69) is 0 Å². The highest BCUT2D eigenvalue weighted by Gasteiger charge is 2.39. The smallest absolute Gasteiger partial charge is 0.319 e. The maximum Gasteiger partial charge on any atom is 0.319 e.